The number of likely N-dealkylation sites (N-methyl/N-ethyl adjacent to an activating group) is 1. The molecule has 1 aliphatic carbocycles. The minimum Gasteiger partial charge on any atom is -0.351 e. The van der Waals surface area contributed by atoms with Crippen LogP contribution in [-0.4, -0.2) is 45.9 Å². The van der Waals surface area contributed by atoms with Gasteiger partial charge in [0.1, 0.15) is 5.69 Å². The Morgan fingerprint density at radius 1 is 1.15 bits per heavy atom. The summed E-state index contributed by atoms with van der Waals surface area (Å²) < 4.78 is 1.80. The van der Waals surface area contributed by atoms with Gasteiger partial charge in [0.05, 0.1) is 0 Å². The van der Waals surface area contributed by atoms with Gasteiger partial charge in [-0.1, -0.05) is 30.3 Å². The van der Waals surface area contributed by atoms with Crippen molar-refractivity contribution < 1.29 is 9.59 Å². The second kappa shape index (κ2) is 10.0. The third kappa shape index (κ3) is 5.69. The van der Waals surface area contributed by atoms with Crippen molar-refractivity contribution in [2.45, 2.75) is 44.6 Å². The van der Waals surface area contributed by atoms with Crippen LogP contribution in [0.4, 0.5) is 0 Å². The van der Waals surface area contributed by atoms with Crippen molar-refractivity contribution in [2.75, 3.05) is 13.6 Å². The lowest BCUT2D eigenvalue weighted by Crippen LogP contribution is -2.41. The van der Waals surface area contributed by atoms with Crippen LogP contribution in [0.25, 0.3) is 0 Å². The first-order valence-electron chi connectivity index (χ1n) is 11.6. The number of rotatable bonds is 9. The molecule has 0 aliphatic heterocycles. The molecule has 0 radical (unpaired) electrons. The minimum absolute atomic E-state index is 0.00269. The van der Waals surface area contributed by atoms with E-state index >= 15 is 0 Å². The lowest BCUT2D eigenvalue weighted by Gasteiger charge is -2.29. The van der Waals surface area contributed by atoms with Crippen molar-refractivity contribution in [3.8, 4) is 0 Å². The Morgan fingerprint density at radius 3 is 2.58 bits per heavy atom. The van der Waals surface area contributed by atoms with Crippen molar-refractivity contribution in [1.29, 1.82) is 0 Å². The first kappa shape index (κ1) is 22.8. The van der Waals surface area contributed by atoms with Crippen LogP contribution in [0, 0.1) is 6.92 Å². The monoisotopic (exact) mass is 444 g/mol. The highest BCUT2D eigenvalue weighted by molar-refractivity contribution is 5.94. The van der Waals surface area contributed by atoms with Gasteiger partial charge in [-0.15, -0.1) is 0 Å². The number of hydrogen-bond donors (Lipinski definition) is 1. The van der Waals surface area contributed by atoms with Crippen molar-refractivity contribution in [1.82, 2.24) is 19.8 Å². The number of nitrogens with one attached hydrogen (secondary N) is 1. The van der Waals surface area contributed by atoms with Crippen LogP contribution < -0.4 is 5.32 Å². The number of carbonyl (C=O) groups is 2. The normalized spacial score (nSPS) is 14.0. The standard InChI is InChI=1S/C27H32N4O2/c1-19-16-22(18-24(29-19)21-11-12-21)27(33)31(3)23(17-20-8-5-4-6-9-20)13-14-28-26(32)25-10-7-15-30(25)2/h4-10,15-16,18,21,23H,11-14,17H2,1-3H3,(H,28,32)/t23-/m1/s1. The topological polar surface area (TPSA) is 67.2 Å². The fourth-order valence-electron chi connectivity index (χ4n) is 4.23. The van der Waals surface area contributed by atoms with Crippen molar-refractivity contribution >= 4 is 11.8 Å². The van der Waals surface area contributed by atoms with E-state index in [2.05, 4.69) is 22.4 Å². The smallest absolute Gasteiger partial charge is 0.267 e. The maximum atomic E-state index is 13.5. The fourth-order valence-corrected chi connectivity index (χ4v) is 4.23. The minimum atomic E-state index is -0.103. The van der Waals surface area contributed by atoms with Gasteiger partial charge >= 0.3 is 0 Å². The molecule has 2 amide bonds. The lowest BCUT2D eigenvalue weighted by molar-refractivity contribution is 0.0722. The zero-order chi connectivity index (χ0) is 23.4. The highest BCUT2D eigenvalue weighted by Gasteiger charge is 2.28. The summed E-state index contributed by atoms with van der Waals surface area (Å²) in [7, 11) is 3.72. The molecule has 6 heteroatoms. The number of amides is 2. The Kier molecular flexibility index (Phi) is 6.92. The SMILES string of the molecule is Cc1cc(C(=O)N(C)[C@H](CCNC(=O)c2cccn2C)Cc2ccccc2)cc(C2CC2)n1. The number of benzene rings is 1. The highest BCUT2D eigenvalue weighted by Crippen LogP contribution is 2.39. The average Bonchev–Trinajstić information content (AvgIpc) is 3.58. The second-order valence-electron chi connectivity index (χ2n) is 9.00. The van der Waals surface area contributed by atoms with Gasteiger partial charge in [0, 0.05) is 55.7 Å². The summed E-state index contributed by atoms with van der Waals surface area (Å²) in [6, 6.07) is 17.6. The molecule has 4 rings (SSSR count). The van der Waals surface area contributed by atoms with Gasteiger partial charge in [-0.05, 0) is 62.4 Å². The summed E-state index contributed by atoms with van der Waals surface area (Å²) in [6.07, 6.45) is 5.54. The van der Waals surface area contributed by atoms with Crippen LogP contribution in [0.15, 0.2) is 60.8 Å². The molecule has 33 heavy (non-hydrogen) atoms. The van der Waals surface area contributed by atoms with Crippen molar-refractivity contribution in [3.63, 3.8) is 0 Å². The third-order valence-electron chi connectivity index (χ3n) is 6.34. The maximum Gasteiger partial charge on any atom is 0.267 e. The van der Waals surface area contributed by atoms with E-state index in [0.29, 0.717) is 30.1 Å². The molecule has 1 aromatic carbocycles. The van der Waals surface area contributed by atoms with E-state index in [0.717, 1.165) is 30.7 Å². The number of aromatic nitrogens is 2. The molecule has 0 unspecified atom stereocenters. The van der Waals surface area contributed by atoms with Gasteiger partial charge in [-0.2, -0.15) is 0 Å². The number of carbonyl (C=O) groups excluding carboxylic acids is 2. The van der Waals surface area contributed by atoms with Crippen molar-refractivity contribution in [3.05, 3.63) is 89.0 Å². The molecule has 2 heterocycles. The van der Waals surface area contributed by atoms with Crippen molar-refractivity contribution in [2.24, 2.45) is 7.05 Å². The van der Waals surface area contributed by atoms with Gasteiger partial charge < -0.3 is 14.8 Å². The molecule has 172 valence electrons. The van der Waals surface area contributed by atoms with Gasteiger partial charge in [-0.25, -0.2) is 0 Å². The van der Waals surface area contributed by atoms with Crippen LogP contribution in [0.3, 0.4) is 0 Å². The molecule has 1 atom stereocenters. The Balaban J connectivity index is 1.48. The molecule has 6 nitrogen and oxygen atoms in total. The van der Waals surface area contributed by atoms with Crippen LogP contribution in [0.5, 0.6) is 0 Å². The molecule has 0 spiro atoms. The van der Waals surface area contributed by atoms with E-state index < -0.39 is 0 Å². The van der Waals surface area contributed by atoms with E-state index in [1.165, 1.54) is 5.56 Å². The summed E-state index contributed by atoms with van der Waals surface area (Å²) in [5.41, 5.74) is 4.39. The first-order valence-corrected chi connectivity index (χ1v) is 11.6. The number of nitrogens with zero attached hydrogens (tertiary/aromatic N) is 3. The van der Waals surface area contributed by atoms with E-state index in [1.807, 2.05) is 68.5 Å². The predicted octanol–water partition coefficient (Wildman–Crippen LogP) is 4.11. The molecular weight excluding hydrogens is 412 g/mol. The van der Waals surface area contributed by atoms with Gasteiger partial charge in [0.2, 0.25) is 0 Å². The molecule has 0 bridgehead atoms. The predicted molar refractivity (Wildman–Crippen MR) is 129 cm³/mol. The Labute approximate surface area is 195 Å². The molecule has 1 N–H and O–H groups in total. The van der Waals surface area contributed by atoms with Gasteiger partial charge in [0.15, 0.2) is 0 Å². The quantitative estimate of drug-likeness (QED) is 0.540. The zero-order valence-electron chi connectivity index (χ0n) is 19.6. The van der Waals surface area contributed by atoms with E-state index in [4.69, 9.17) is 0 Å². The van der Waals surface area contributed by atoms with Gasteiger partial charge in [0.25, 0.3) is 11.8 Å². The summed E-state index contributed by atoms with van der Waals surface area (Å²) >= 11 is 0. The number of hydrogen-bond acceptors (Lipinski definition) is 3. The molecule has 3 aromatic rings. The first-order chi connectivity index (χ1) is 15.9. The van der Waals surface area contributed by atoms with Crippen LogP contribution >= 0.6 is 0 Å². The molecular formula is C27H32N4O2. The molecule has 0 saturated heterocycles. The van der Waals surface area contributed by atoms with Crippen LogP contribution in [0.2, 0.25) is 0 Å². The average molecular weight is 445 g/mol. The fraction of sp³-hybridized carbons (Fsp3) is 0.370. The van der Waals surface area contributed by atoms with Crippen LogP contribution in [-0.2, 0) is 13.5 Å². The number of pyridine rings is 1. The third-order valence-corrected chi connectivity index (χ3v) is 6.34. The summed E-state index contributed by atoms with van der Waals surface area (Å²) in [4.78, 5) is 32.4. The lowest BCUT2D eigenvalue weighted by atomic mass is 10.0. The van der Waals surface area contributed by atoms with E-state index in [9.17, 15) is 9.59 Å². The Hall–Kier alpha value is -3.41. The van der Waals surface area contributed by atoms with Gasteiger partial charge in [-0.3, -0.25) is 14.6 Å². The highest BCUT2D eigenvalue weighted by atomic mass is 16.2. The molecule has 1 aliphatic rings. The summed E-state index contributed by atoms with van der Waals surface area (Å²) in [5.74, 6) is 0.389. The maximum absolute atomic E-state index is 13.5. The second-order valence-corrected chi connectivity index (χ2v) is 9.00. The van der Waals surface area contributed by atoms with E-state index in [-0.39, 0.29) is 17.9 Å². The molecule has 1 fully saturated rings. The largest absolute Gasteiger partial charge is 0.351 e. The summed E-state index contributed by atoms with van der Waals surface area (Å²) in [5, 5.41) is 3.01. The Bertz CT molecular complexity index is 1120. The van der Waals surface area contributed by atoms with E-state index in [1.54, 1.807) is 10.6 Å². The molecule has 1 saturated carbocycles. The number of aryl methyl sites for hydroxylation is 2. The Morgan fingerprint density at radius 2 is 1.91 bits per heavy atom. The zero-order valence-corrected chi connectivity index (χ0v) is 19.6. The molecule has 2 aromatic heterocycles. The summed E-state index contributed by atoms with van der Waals surface area (Å²) in [6.45, 7) is 2.44. The van der Waals surface area contributed by atoms with Crippen LogP contribution in [0.1, 0.15) is 63.0 Å².